The van der Waals surface area contributed by atoms with Crippen LogP contribution >= 0.6 is 11.6 Å². The molecule has 7 nitrogen and oxygen atoms in total. The molecule has 2 N–H and O–H groups in total. The minimum atomic E-state index is -0.438. The first-order valence-corrected chi connectivity index (χ1v) is 9.34. The topological polar surface area (TPSA) is 78.3 Å². The Labute approximate surface area is 164 Å². The van der Waals surface area contributed by atoms with E-state index >= 15 is 4.39 Å². The van der Waals surface area contributed by atoms with Crippen LogP contribution in [0.25, 0.3) is 27.5 Å². The second-order valence-corrected chi connectivity index (χ2v) is 7.16. The van der Waals surface area contributed by atoms with Crippen molar-refractivity contribution in [3.63, 3.8) is 0 Å². The molecule has 0 saturated carbocycles. The normalized spacial score (nSPS) is 14.3. The van der Waals surface area contributed by atoms with Gasteiger partial charge in [0.1, 0.15) is 5.69 Å². The molecule has 28 heavy (non-hydrogen) atoms. The van der Waals surface area contributed by atoms with Crippen molar-refractivity contribution in [3.05, 3.63) is 41.4 Å². The molecule has 0 radical (unpaired) electrons. The molecule has 0 spiro atoms. The lowest BCUT2D eigenvalue weighted by molar-refractivity contribution is -0.105. The van der Waals surface area contributed by atoms with Crippen molar-refractivity contribution in [1.29, 1.82) is 0 Å². The maximum absolute atomic E-state index is 15.3. The Hall–Kier alpha value is -3.13. The average Bonchev–Trinajstić information content (AvgIpc) is 3.43. The summed E-state index contributed by atoms with van der Waals surface area (Å²) in [6.07, 6.45) is 6.05. The Balaban J connectivity index is 1.72. The minimum absolute atomic E-state index is 0.0749. The number of halogens is 2. The Morgan fingerprint density at radius 1 is 1.29 bits per heavy atom. The molecule has 0 aliphatic carbocycles. The van der Waals surface area contributed by atoms with Gasteiger partial charge in [0.25, 0.3) is 0 Å². The highest BCUT2D eigenvalue weighted by molar-refractivity contribution is 6.36. The number of aromatic amines is 1. The largest absolute Gasteiger partial charge is 0.367 e. The molecule has 3 aromatic heterocycles. The molecule has 0 unspecified atom stereocenters. The minimum Gasteiger partial charge on any atom is -0.367 e. The predicted octanol–water partition coefficient (Wildman–Crippen LogP) is 3.84. The van der Waals surface area contributed by atoms with Gasteiger partial charge in [-0.15, -0.1) is 0 Å². The molecule has 0 bridgehead atoms. The summed E-state index contributed by atoms with van der Waals surface area (Å²) in [7, 11) is 0. The Kier molecular flexibility index (Phi) is 3.94. The number of nitrogens with zero attached hydrogens (tertiary/aromatic N) is 4. The summed E-state index contributed by atoms with van der Waals surface area (Å²) >= 11 is 6.53. The van der Waals surface area contributed by atoms with Crippen molar-refractivity contribution in [1.82, 2.24) is 19.8 Å². The highest BCUT2D eigenvalue weighted by Crippen LogP contribution is 2.43. The Morgan fingerprint density at radius 3 is 2.89 bits per heavy atom. The van der Waals surface area contributed by atoms with Crippen LogP contribution in [0.4, 0.5) is 15.9 Å². The first-order valence-electron chi connectivity index (χ1n) is 8.96. The van der Waals surface area contributed by atoms with E-state index in [2.05, 4.69) is 20.6 Å². The fourth-order valence-electron chi connectivity index (χ4n) is 3.90. The SMILES string of the molecule is O=CNc1cc2cc(-c3c(Cl)c(F)c(N4CCCC4)c4[nH]ncc34)ccn2n1. The number of amides is 1. The number of pyridine rings is 1. The molecule has 0 atom stereocenters. The van der Waals surface area contributed by atoms with E-state index in [0.717, 1.165) is 42.4 Å². The Morgan fingerprint density at radius 2 is 2.11 bits per heavy atom. The monoisotopic (exact) mass is 398 g/mol. The quantitative estimate of drug-likeness (QED) is 0.512. The summed E-state index contributed by atoms with van der Waals surface area (Å²) in [6, 6.07) is 5.40. The van der Waals surface area contributed by atoms with Crippen molar-refractivity contribution in [2.24, 2.45) is 0 Å². The molecule has 4 aromatic rings. The van der Waals surface area contributed by atoms with Gasteiger partial charge in [0, 0.05) is 36.3 Å². The summed E-state index contributed by atoms with van der Waals surface area (Å²) in [5.41, 5.74) is 3.21. The number of rotatable bonds is 4. The summed E-state index contributed by atoms with van der Waals surface area (Å²) in [5.74, 6) is -0.00530. The van der Waals surface area contributed by atoms with Gasteiger partial charge < -0.3 is 10.2 Å². The zero-order valence-electron chi connectivity index (χ0n) is 14.7. The van der Waals surface area contributed by atoms with Crippen LogP contribution in [0.2, 0.25) is 5.02 Å². The zero-order chi connectivity index (χ0) is 19.3. The summed E-state index contributed by atoms with van der Waals surface area (Å²) in [6.45, 7) is 1.60. The number of H-pyrrole nitrogens is 1. The van der Waals surface area contributed by atoms with E-state index in [4.69, 9.17) is 11.6 Å². The van der Waals surface area contributed by atoms with Crippen LogP contribution < -0.4 is 10.2 Å². The third kappa shape index (κ3) is 2.52. The number of benzene rings is 1. The second kappa shape index (κ2) is 6.49. The van der Waals surface area contributed by atoms with Crippen molar-refractivity contribution in [2.75, 3.05) is 23.3 Å². The number of nitrogens with one attached hydrogen (secondary N) is 2. The average molecular weight is 399 g/mol. The highest BCUT2D eigenvalue weighted by atomic mass is 35.5. The lowest BCUT2D eigenvalue weighted by Crippen LogP contribution is -2.19. The van der Waals surface area contributed by atoms with Gasteiger partial charge in [-0.2, -0.15) is 10.2 Å². The molecule has 1 aliphatic rings. The zero-order valence-corrected chi connectivity index (χ0v) is 15.5. The van der Waals surface area contributed by atoms with Crippen LogP contribution in [0.15, 0.2) is 30.6 Å². The first kappa shape index (κ1) is 17.0. The van der Waals surface area contributed by atoms with E-state index in [1.807, 2.05) is 17.0 Å². The number of hydrogen-bond acceptors (Lipinski definition) is 4. The molecule has 1 aliphatic heterocycles. The third-order valence-corrected chi connectivity index (χ3v) is 5.50. The van der Waals surface area contributed by atoms with Gasteiger partial charge >= 0.3 is 0 Å². The van der Waals surface area contributed by atoms with E-state index in [9.17, 15) is 4.79 Å². The number of carbonyl (C=O) groups is 1. The fraction of sp³-hybridized carbons (Fsp3) is 0.211. The van der Waals surface area contributed by atoms with Crippen molar-refractivity contribution in [2.45, 2.75) is 12.8 Å². The summed E-state index contributed by atoms with van der Waals surface area (Å²) in [4.78, 5) is 12.7. The number of hydrogen-bond donors (Lipinski definition) is 2. The van der Waals surface area contributed by atoms with Crippen LogP contribution in [-0.4, -0.2) is 39.3 Å². The lowest BCUT2D eigenvalue weighted by Gasteiger charge is -2.21. The van der Waals surface area contributed by atoms with Gasteiger partial charge in [-0.3, -0.25) is 9.89 Å². The van der Waals surface area contributed by atoms with E-state index in [1.54, 1.807) is 23.0 Å². The van der Waals surface area contributed by atoms with Gasteiger partial charge in [0.15, 0.2) is 11.6 Å². The smallest absolute Gasteiger partial charge is 0.212 e. The molecule has 1 aromatic carbocycles. The number of carbonyl (C=O) groups excluding carboxylic acids is 1. The van der Waals surface area contributed by atoms with Gasteiger partial charge in [0.2, 0.25) is 6.41 Å². The molecule has 5 rings (SSSR count). The van der Waals surface area contributed by atoms with Gasteiger partial charge in [-0.1, -0.05) is 11.6 Å². The van der Waals surface area contributed by atoms with Gasteiger partial charge in [-0.05, 0) is 30.5 Å². The van der Waals surface area contributed by atoms with Gasteiger partial charge in [-0.25, -0.2) is 8.91 Å². The summed E-state index contributed by atoms with van der Waals surface area (Å²) in [5, 5.41) is 14.7. The molecule has 1 saturated heterocycles. The van der Waals surface area contributed by atoms with E-state index in [0.29, 0.717) is 29.0 Å². The van der Waals surface area contributed by atoms with Crippen molar-refractivity contribution < 1.29 is 9.18 Å². The van der Waals surface area contributed by atoms with E-state index < -0.39 is 5.82 Å². The predicted molar refractivity (Wildman–Crippen MR) is 106 cm³/mol. The highest BCUT2D eigenvalue weighted by Gasteiger charge is 2.26. The molecular formula is C19H16ClFN6O. The van der Waals surface area contributed by atoms with Crippen LogP contribution in [0.1, 0.15) is 12.8 Å². The molecule has 4 heterocycles. The maximum atomic E-state index is 15.3. The second-order valence-electron chi connectivity index (χ2n) is 6.78. The number of anilines is 2. The summed E-state index contributed by atoms with van der Waals surface area (Å²) < 4.78 is 17.0. The fourth-order valence-corrected chi connectivity index (χ4v) is 4.20. The van der Waals surface area contributed by atoms with Crippen LogP contribution in [0.5, 0.6) is 0 Å². The first-order chi connectivity index (χ1) is 13.7. The maximum Gasteiger partial charge on any atom is 0.212 e. The molecule has 9 heteroatoms. The molecule has 142 valence electrons. The van der Waals surface area contributed by atoms with Gasteiger partial charge in [0.05, 0.1) is 22.3 Å². The lowest BCUT2D eigenvalue weighted by atomic mass is 10.0. The van der Waals surface area contributed by atoms with E-state index in [1.165, 1.54) is 0 Å². The van der Waals surface area contributed by atoms with E-state index in [-0.39, 0.29) is 5.02 Å². The van der Waals surface area contributed by atoms with Crippen LogP contribution in [0.3, 0.4) is 0 Å². The third-order valence-electron chi connectivity index (χ3n) is 5.15. The van der Waals surface area contributed by atoms with Crippen molar-refractivity contribution >= 4 is 45.9 Å². The van der Waals surface area contributed by atoms with Crippen LogP contribution in [-0.2, 0) is 4.79 Å². The number of aromatic nitrogens is 4. The molecule has 1 fully saturated rings. The standard InChI is InChI=1S/C19H16ClFN6O/c20-16-15(11-3-6-27-12(7-11)8-14(25-27)22-10-28)13-9-23-24-18(13)19(17(16)21)26-4-1-2-5-26/h3,6-10H,1-2,4-5H2,(H,23,24)(H,22,25,28). The molecular weight excluding hydrogens is 383 g/mol. The molecule has 1 amide bonds. The van der Waals surface area contributed by atoms with Crippen LogP contribution in [0, 0.1) is 5.82 Å². The number of fused-ring (bicyclic) bond motifs is 2. The van der Waals surface area contributed by atoms with Crippen molar-refractivity contribution in [3.8, 4) is 11.1 Å². The Bertz CT molecular complexity index is 1210.